The molecule has 2 aromatic heterocycles. The zero-order chi connectivity index (χ0) is 15.9. The van der Waals surface area contributed by atoms with Gasteiger partial charge in [-0.15, -0.1) is 0 Å². The minimum absolute atomic E-state index is 0.0825. The van der Waals surface area contributed by atoms with Crippen LogP contribution in [0.5, 0.6) is 5.75 Å². The van der Waals surface area contributed by atoms with Gasteiger partial charge in [-0.25, -0.2) is 14.4 Å². The number of pyridine rings is 1. The summed E-state index contributed by atoms with van der Waals surface area (Å²) in [6, 6.07) is 1.58. The van der Waals surface area contributed by atoms with E-state index >= 15 is 0 Å². The van der Waals surface area contributed by atoms with Crippen LogP contribution in [0, 0.1) is 5.82 Å². The summed E-state index contributed by atoms with van der Waals surface area (Å²) in [7, 11) is 0. The zero-order valence-corrected chi connectivity index (χ0v) is 12.4. The Bertz CT molecular complexity index is 768. The molecule has 9 heteroatoms. The predicted octanol–water partition coefficient (Wildman–Crippen LogP) is 2.52. The van der Waals surface area contributed by atoms with Crippen LogP contribution in [-0.2, 0) is 4.79 Å². The highest BCUT2D eigenvalue weighted by atomic mass is 35.5. The summed E-state index contributed by atoms with van der Waals surface area (Å²) in [5.74, 6) is -0.356. The molecule has 0 atom stereocenters. The quantitative estimate of drug-likeness (QED) is 0.825. The van der Waals surface area contributed by atoms with E-state index in [9.17, 15) is 9.18 Å². The van der Waals surface area contributed by atoms with Crippen LogP contribution in [0.4, 0.5) is 21.7 Å². The zero-order valence-electron chi connectivity index (χ0n) is 11.6. The van der Waals surface area contributed by atoms with Crippen molar-refractivity contribution in [3.63, 3.8) is 0 Å². The highest BCUT2D eigenvalue weighted by molar-refractivity contribution is 6.28. The molecule has 0 fully saturated rings. The maximum atomic E-state index is 13.6. The smallest absolute Gasteiger partial charge is 0.269 e. The lowest BCUT2D eigenvalue weighted by molar-refractivity contribution is -0.129. The van der Waals surface area contributed by atoms with E-state index in [1.807, 2.05) is 0 Å². The van der Waals surface area contributed by atoms with E-state index in [4.69, 9.17) is 16.3 Å². The van der Waals surface area contributed by atoms with Gasteiger partial charge in [-0.3, -0.25) is 4.79 Å². The average Bonchev–Trinajstić information content (AvgIpc) is 2.44. The predicted molar refractivity (Wildman–Crippen MR) is 77.9 cm³/mol. The van der Waals surface area contributed by atoms with Crippen molar-refractivity contribution < 1.29 is 13.9 Å². The van der Waals surface area contributed by atoms with Crippen molar-refractivity contribution in [1.29, 1.82) is 0 Å². The molecule has 1 aliphatic rings. The largest absolute Gasteiger partial charge is 0.474 e. The molecule has 0 aromatic carbocycles. The molecule has 114 valence electrons. The highest BCUT2D eigenvalue weighted by Crippen LogP contribution is 2.34. The van der Waals surface area contributed by atoms with Crippen molar-refractivity contribution in [2.45, 2.75) is 19.4 Å². The van der Waals surface area contributed by atoms with Gasteiger partial charge >= 0.3 is 0 Å². The van der Waals surface area contributed by atoms with Gasteiger partial charge in [0.1, 0.15) is 0 Å². The molecule has 0 aliphatic carbocycles. The maximum Gasteiger partial charge on any atom is 0.269 e. The summed E-state index contributed by atoms with van der Waals surface area (Å²) in [6.45, 7) is 3.27. The third kappa shape index (κ3) is 2.64. The van der Waals surface area contributed by atoms with Crippen LogP contribution < -0.4 is 15.4 Å². The summed E-state index contributed by atoms with van der Waals surface area (Å²) < 4.78 is 19.2. The van der Waals surface area contributed by atoms with E-state index in [0.29, 0.717) is 17.3 Å². The fraction of sp³-hybridized carbons (Fsp3) is 0.231. The standard InChI is InChI=1S/C13H11ClFN5O2/c1-13(2)11(21)19-10-8(22-13)3-6(4-16-10)18-9-7(15)5-17-12(14)20-9/h3-5H,1-2H3,(H,16,19,21)(H,17,18,20). The first-order valence-corrected chi connectivity index (χ1v) is 6.68. The van der Waals surface area contributed by atoms with E-state index in [0.717, 1.165) is 6.20 Å². The Morgan fingerprint density at radius 1 is 1.36 bits per heavy atom. The van der Waals surface area contributed by atoms with Gasteiger partial charge in [0.05, 0.1) is 18.1 Å². The number of amides is 1. The second-order valence-electron chi connectivity index (χ2n) is 5.10. The van der Waals surface area contributed by atoms with E-state index in [2.05, 4.69) is 25.6 Å². The first-order valence-electron chi connectivity index (χ1n) is 6.31. The van der Waals surface area contributed by atoms with Crippen LogP contribution >= 0.6 is 11.6 Å². The molecular weight excluding hydrogens is 313 g/mol. The van der Waals surface area contributed by atoms with Crippen LogP contribution in [0.2, 0.25) is 5.28 Å². The van der Waals surface area contributed by atoms with Crippen molar-refractivity contribution in [2.24, 2.45) is 0 Å². The first-order chi connectivity index (χ1) is 10.3. The van der Waals surface area contributed by atoms with Crippen molar-refractivity contribution in [3.05, 3.63) is 29.6 Å². The molecular formula is C13H11ClFN5O2. The first kappa shape index (κ1) is 14.5. The normalized spacial score (nSPS) is 15.5. The van der Waals surface area contributed by atoms with Gasteiger partial charge < -0.3 is 15.4 Å². The van der Waals surface area contributed by atoms with Crippen LogP contribution in [-0.4, -0.2) is 26.5 Å². The Balaban J connectivity index is 1.91. The lowest BCUT2D eigenvalue weighted by atomic mass is 10.1. The average molecular weight is 324 g/mol. The van der Waals surface area contributed by atoms with E-state index < -0.39 is 11.4 Å². The van der Waals surface area contributed by atoms with Gasteiger partial charge in [-0.2, -0.15) is 4.98 Å². The van der Waals surface area contributed by atoms with Crippen LogP contribution in [0.15, 0.2) is 18.5 Å². The molecule has 0 unspecified atom stereocenters. The molecule has 1 aliphatic heterocycles. The number of fused-ring (bicyclic) bond motifs is 1. The topological polar surface area (TPSA) is 89.0 Å². The van der Waals surface area contributed by atoms with Gasteiger partial charge in [0, 0.05) is 6.07 Å². The van der Waals surface area contributed by atoms with Gasteiger partial charge in [0.15, 0.2) is 28.8 Å². The van der Waals surface area contributed by atoms with Gasteiger partial charge in [0.25, 0.3) is 5.91 Å². The van der Waals surface area contributed by atoms with Crippen molar-refractivity contribution in [2.75, 3.05) is 10.6 Å². The molecule has 2 aromatic rings. The van der Waals surface area contributed by atoms with Gasteiger partial charge in [-0.1, -0.05) is 0 Å². The molecule has 0 saturated carbocycles. The van der Waals surface area contributed by atoms with Crippen molar-refractivity contribution in [1.82, 2.24) is 15.0 Å². The molecule has 3 rings (SSSR count). The summed E-state index contributed by atoms with van der Waals surface area (Å²) in [4.78, 5) is 23.1. The number of rotatable bonds is 2. The SMILES string of the molecule is CC1(C)Oc2cc(Nc3nc(Cl)ncc3F)cnc2NC1=O. The Hall–Kier alpha value is -2.48. The van der Waals surface area contributed by atoms with Crippen LogP contribution in [0.3, 0.4) is 0 Å². The molecule has 7 nitrogen and oxygen atoms in total. The molecule has 0 saturated heterocycles. The molecule has 2 N–H and O–H groups in total. The molecule has 1 amide bonds. The van der Waals surface area contributed by atoms with E-state index in [1.54, 1.807) is 19.9 Å². The third-order valence-electron chi connectivity index (χ3n) is 2.97. The number of nitrogens with zero attached hydrogens (tertiary/aromatic N) is 3. The number of hydrogen-bond donors (Lipinski definition) is 2. The van der Waals surface area contributed by atoms with Crippen molar-refractivity contribution in [3.8, 4) is 5.75 Å². The Morgan fingerprint density at radius 2 is 2.14 bits per heavy atom. The third-order valence-corrected chi connectivity index (χ3v) is 3.16. The number of carbonyl (C=O) groups excluding carboxylic acids is 1. The fourth-order valence-electron chi connectivity index (χ4n) is 1.83. The second-order valence-corrected chi connectivity index (χ2v) is 5.44. The molecule has 3 heterocycles. The summed E-state index contributed by atoms with van der Waals surface area (Å²) in [5, 5.41) is 5.29. The number of hydrogen-bond acceptors (Lipinski definition) is 6. The number of aromatic nitrogens is 3. The number of anilines is 3. The van der Waals surface area contributed by atoms with Gasteiger partial charge in [-0.05, 0) is 25.4 Å². The molecule has 0 radical (unpaired) electrons. The minimum atomic E-state index is -1.02. The van der Waals surface area contributed by atoms with E-state index in [-0.39, 0.29) is 17.0 Å². The molecule has 0 bridgehead atoms. The summed E-state index contributed by atoms with van der Waals surface area (Å²) in [5.41, 5.74) is -0.587. The van der Waals surface area contributed by atoms with Crippen LogP contribution in [0.1, 0.15) is 13.8 Å². The molecule has 0 spiro atoms. The number of ether oxygens (including phenoxy) is 1. The Labute approximate surface area is 129 Å². The summed E-state index contributed by atoms with van der Waals surface area (Å²) in [6.07, 6.45) is 2.37. The number of nitrogens with one attached hydrogen (secondary N) is 2. The molecule has 22 heavy (non-hydrogen) atoms. The fourth-order valence-corrected chi connectivity index (χ4v) is 1.97. The highest BCUT2D eigenvalue weighted by Gasteiger charge is 2.36. The maximum absolute atomic E-state index is 13.6. The number of halogens is 2. The van der Waals surface area contributed by atoms with Gasteiger partial charge in [0.2, 0.25) is 5.28 Å². The second kappa shape index (κ2) is 5.06. The van der Waals surface area contributed by atoms with Crippen molar-refractivity contribution >= 4 is 34.8 Å². The minimum Gasteiger partial charge on any atom is -0.474 e. The lowest BCUT2D eigenvalue weighted by Crippen LogP contribution is -2.45. The Kier molecular flexibility index (Phi) is 3.32. The number of carbonyl (C=O) groups is 1. The lowest BCUT2D eigenvalue weighted by Gasteiger charge is -2.30. The Morgan fingerprint density at radius 3 is 2.91 bits per heavy atom. The van der Waals surface area contributed by atoms with E-state index in [1.165, 1.54) is 6.20 Å². The van der Waals surface area contributed by atoms with Crippen LogP contribution in [0.25, 0.3) is 0 Å². The monoisotopic (exact) mass is 323 g/mol. The summed E-state index contributed by atoms with van der Waals surface area (Å²) >= 11 is 5.64.